The number of rotatable bonds is 3. The van der Waals surface area contributed by atoms with E-state index in [1.54, 1.807) is 0 Å². The molecule has 5 nitrogen and oxygen atoms in total. The van der Waals surface area contributed by atoms with Crippen molar-refractivity contribution in [2.24, 2.45) is 5.84 Å². The quantitative estimate of drug-likeness (QED) is 0.391. The van der Waals surface area contributed by atoms with Crippen molar-refractivity contribution in [1.29, 1.82) is 0 Å². The van der Waals surface area contributed by atoms with Crippen LogP contribution in [-0.2, 0) is 9.53 Å². The topological polar surface area (TPSA) is 67.6 Å². The molecule has 0 aromatic rings. The van der Waals surface area contributed by atoms with E-state index in [4.69, 9.17) is 10.6 Å². The van der Waals surface area contributed by atoms with E-state index in [0.29, 0.717) is 6.61 Å². The van der Waals surface area contributed by atoms with E-state index in [-0.39, 0.29) is 17.6 Å². The molecule has 0 aliphatic carbocycles. The molecular weight excluding hydrogens is 194 g/mol. The Hall–Kier alpha value is -0.650. The van der Waals surface area contributed by atoms with Crippen molar-refractivity contribution in [1.82, 2.24) is 10.3 Å². The maximum atomic E-state index is 11.5. The molecule has 1 atom stereocenters. The molecule has 1 aliphatic rings. The van der Waals surface area contributed by atoms with Crippen LogP contribution >= 0.6 is 0 Å². The monoisotopic (exact) mass is 215 g/mol. The van der Waals surface area contributed by atoms with Gasteiger partial charge in [0.1, 0.15) is 0 Å². The molecule has 0 spiro atoms. The van der Waals surface area contributed by atoms with E-state index in [2.05, 4.69) is 10.3 Å². The maximum absolute atomic E-state index is 11.5. The lowest BCUT2D eigenvalue weighted by Gasteiger charge is -2.41. The van der Waals surface area contributed by atoms with E-state index >= 15 is 0 Å². The first-order valence-corrected chi connectivity index (χ1v) is 5.38. The highest BCUT2D eigenvalue weighted by atomic mass is 16.5. The largest absolute Gasteiger partial charge is 0.373 e. The molecule has 1 amide bonds. The number of carbonyl (C=O) groups is 1. The Balaban J connectivity index is 2.64. The fraction of sp³-hybridized carbons (Fsp3) is 0.900. The standard InChI is InChI=1S/C10H21N3O2/c1-4-8(9(14)12-11)13-5-6-15-10(2,3)7-13/h8H,4-7,11H2,1-3H3,(H,12,14). The molecule has 0 saturated carbocycles. The normalized spacial score (nSPS) is 23.5. The predicted molar refractivity (Wildman–Crippen MR) is 58.0 cm³/mol. The number of nitrogens with two attached hydrogens (primary N) is 1. The van der Waals surface area contributed by atoms with Gasteiger partial charge in [0, 0.05) is 13.1 Å². The van der Waals surface area contributed by atoms with Gasteiger partial charge in [-0.1, -0.05) is 6.92 Å². The van der Waals surface area contributed by atoms with Crippen LogP contribution in [0.3, 0.4) is 0 Å². The SMILES string of the molecule is CCC(C(=O)NN)N1CCOC(C)(C)C1. The first-order chi connectivity index (χ1) is 7.00. The predicted octanol–water partition coefficient (Wildman–Crippen LogP) is -0.134. The van der Waals surface area contributed by atoms with Crippen molar-refractivity contribution in [3.8, 4) is 0 Å². The van der Waals surface area contributed by atoms with Crippen molar-refractivity contribution in [3.63, 3.8) is 0 Å². The number of amides is 1. The molecule has 0 radical (unpaired) electrons. The zero-order valence-corrected chi connectivity index (χ0v) is 9.75. The van der Waals surface area contributed by atoms with Crippen LogP contribution in [0.2, 0.25) is 0 Å². The molecule has 0 bridgehead atoms. The van der Waals surface area contributed by atoms with Crippen molar-refractivity contribution in [2.75, 3.05) is 19.7 Å². The lowest BCUT2D eigenvalue weighted by atomic mass is 10.0. The minimum absolute atomic E-state index is 0.116. The third-order valence-corrected chi connectivity index (χ3v) is 2.73. The molecule has 1 unspecified atom stereocenters. The number of nitrogens with one attached hydrogen (secondary N) is 1. The van der Waals surface area contributed by atoms with Crippen LogP contribution in [0.4, 0.5) is 0 Å². The van der Waals surface area contributed by atoms with Crippen LogP contribution < -0.4 is 11.3 Å². The number of nitrogens with zero attached hydrogens (tertiary/aromatic N) is 1. The summed E-state index contributed by atoms with van der Waals surface area (Å²) in [5, 5.41) is 0. The Kier molecular flexibility index (Phi) is 4.07. The number of carbonyl (C=O) groups excluding carboxylic acids is 1. The summed E-state index contributed by atoms with van der Waals surface area (Å²) in [5.41, 5.74) is 2.04. The van der Waals surface area contributed by atoms with Gasteiger partial charge < -0.3 is 4.74 Å². The summed E-state index contributed by atoms with van der Waals surface area (Å²) in [7, 11) is 0. The first-order valence-electron chi connectivity index (χ1n) is 5.38. The van der Waals surface area contributed by atoms with Gasteiger partial charge in [0.05, 0.1) is 18.2 Å². The third-order valence-electron chi connectivity index (χ3n) is 2.73. The Labute approximate surface area is 90.9 Å². The molecule has 15 heavy (non-hydrogen) atoms. The van der Waals surface area contributed by atoms with Crippen LogP contribution in [0.5, 0.6) is 0 Å². The van der Waals surface area contributed by atoms with Crippen LogP contribution in [0.15, 0.2) is 0 Å². The van der Waals surface area contributed by atoms with Gasteiger partial charge in [0.2, 0.25) is 0 Å². The summed E-state index contributed by atoms with van der Waals surface area (Å²) in [5.74, 6) is 5.05. The Morgan fingerprint density at radius 1 is 1.67 bits per heavy atom. The Bertz CT molecular complexity index is 231. The van der Waals surface area contributed by atoms with Crippen molar-refractivity contribution in [2.45, 2.75) is 38.8 Å². The van der Waals surface area contributed by atoms with Gasteiger partial charge in [-0.25, -0.2) is 5.84 Å². The smallest absolute Gasteiger partial charge is 0.251 e. The highest BCUT2D eigenvalue weighted by Gasteiger charge is 2.33. The third kappa shape index (κ3) is 3.15. The second-order valence-electron chi connectivity index (χ2n) is 4.51. The fourth-order valence-corrected chi connectivity index (χ4v) is 2.02. The summed E-state index contributed by atoms with van der Waals surface area (Å²) < 4.78 is 5.60. The molecular formula is C10H21N3O2. The number of hydrazine groups is 1. The zero-order valence-electron chi connectivity index (χ0n) is 9.75. The maximum Gasteiger partial charge on any atom is 0.251 e. The van der Waals surface area contributed by atoms with E-state index in [1.165, 1.54) is 0 Å². The lowest BCUT2D eigenvalue weighted by molar-refractivity contribution is -0.135. The van der Waals surface area contributed by atoms with Gasteiger partial charge in [-0.15, -0.1) is 0 Å². The minimum Gasteiger partial charge on any atom is -0.373 e. The van der Waals surface area contributed by atoms with Crippen LogP contribution in [0.1, 0.15) is 27.2 Å². The van der Waals surface area contributed by atoms with Gasteiger partial charge >= 0.3 is 0 Å². The summed E-state index contributed by atoms with van der Waals surface area (Å²) in [4.78, 5) is 13.7. The summed E-state index contributed by atoms with van der Waals surface area (Å²) >= 11 is 0. The molecule has 1 saturated heterocycles. The highest BCUT2D eigenvalue weighted by Crippen LogP contribution is 2.19. The second-order valence-corrected chi connectivity index (χ2v) is 4.51. The molecule has 0 aromatic carbocycles. The van der Waals surface area contributed by atoms with Gasteiger partial charge in [-0.05, 0) is 20.3 Å². The van der Waals surface area contributed by atoms with E-state index < -0.39 is 0 Å². The first kappa shape index (κ1) is 12.4. The van der Waals surface area contributed by atoms with Crippen LogP contribution in [0, 0.1) is 0 Å². The van der Waals surface area contributed by atoms with E-state index in [0.717, 1.165) is 19.5 Å². The van der Waals surface area contributed by atoms with Crippen LogP contribution in [-0.4, -0.2) is 42.1 Å². The molecule has 3 N–H and O–H groups in total. The number of hydrogen-bond donors (Lipinski definition) is 2. The van der Waals surface area contributed by atoms with Gasteiger partial charge in [0.15, 0.2) is 0 Å². The summed E-state index contributed by atoms with van der Waals surface area (Å²) in [6, 6.07) is -0.141. The summed E-state index contributed by atoms with van der Waals surface area (Å²) in [6.45, 7) is 8.27. The number of morpholine rings is 1. The van der Waals surface area contributed by atoms with Crippen LogP contribution in [0.25, 0.3) is 0 Å². The van der Waals surface area contributed by atoms with Crippen molar-refractivity contribution < 1.29 is 9.53 Å². The highest BCUT2D eigenvalue weighted by molar-refractivity contribution is 5.81. The summed E-state index contributed by atoms with van der Waals surface area (Å²) in [6.07, 6.45) is 0.763. The van der Waals surface area contributed by atoms with E-state index in [1.807, 2.05) is 20.8 Å². The molecule has 1 aliphatic heterocycles. The molecule has 1 rings (SSSR count). The molecule has 1 heterocycles. The molecule has 88 valence electrons. The zero-order chi connectivity index (χ0) is 11.5. The van der Waals surface area contributed by atoms with Crippen molar-refractivity contribution in [3.05, 3.63) is 0 Å². The van der Waals surface area contributed by atoms with Gasteiger partial charge in [0.25, 0.3) is 5.91 Å². The van der Waals surface area contributed by atoms with E-state index in [9.17, 15) is 4.79 Å². The lowest BCUT2D eigenvalue weighted by Crippen LogP contribution is -2.57. The molecule has 5 heteroatoms. The number of hydrogen-bond acceptors (Lipinski definition) is 4. The fourth-order valence-electron chi connectivity index (χ4n) is 2.02. The minimum atomic E-state index is -0.180. The average molecular weight is 215 g/mol. The average Bonchev–Trinajstić information content (AvgIpc) is 2.17. The Morgan fingerprint density at radius 2 is 2.33 bits per heavy atom. The molecule has 1 fully saturated rings. The van der Waals surface area contributed by atoms with Gasteiger partial charge in [-0.2, -0.15) is 0 Å². The van der Waals surface area contributed by atoms with Gasteiger partial charge in [-0.3, -0.25) is 15.1 Å². The second kappa shape index (κ2) is 4.92. The number of ether oxygens (including phenoxy) is 1. The Morgan fingerprint density at radius 3 is 2.80 bits per heavy atom. The molecule has 0 aromatic heterocycles. The van der Waals surface area contributed by atoms with Crippen molar-refractivity contribution >= 4 is 5.91 Å².